The molecule has 0 fully saturated rings. The second kappa shape index (κ2) is 6.41. The monoisotopic (exact) mass is 396 g/mol. The van der Waals surface area contributed by atoms with Gasteiger partial charge in [-0.15, -0.1) is 0 Å². The van der Waals surface area contributed by atoms with Crippen molar-refractivity contribution in [2.24, 2.45) is 0 Å². The Morgan fingerprint density at radius 1 is 1.15 bits per heavy atom. The van der Waals surface area contributed by atoms with Gasteiger partial charge in [0.2, 0.25) is 0 Å². The molecular formula is C15H14Br2N2O. The van der Waals surface area contributed by atoms with Gasteiger partial charge in [0.15, 0.2) is 0 Å². The van der Waals surface area contributed by atoms with E-state index in [1.54, 1.807) is 18.2 Å². The van der Waals surface area contributed by atoms with Crippen molar-refractivity contribution in [2.75, 3.05) is 5.73 Å². The molecule has 5 heteroatoms. The molecule has 3 nitrogen and oxygen atoms in total. The fourth-order valence-corrected chi connectivity index (χ4v) is 2.95. The number of hydrogen-bond donors (Lipinski definition) is 2. The Morgan fingerprint density at radius 2 is 1.85 bits per heavy atom. The van der Waals surface area contributed by atoms with Crippen LogP contribution in [0.2, 0.25) is 0 Å². The van der Waals surface area contributed by atoms with Gasteiger partial charge in [-0.3, -0.25) is 4.79 Å². The fourth-order valence-electron chi connectivity index (χ4n) is 1.90. The number of halogens is 2. The molecular weight excluding hydrogens is 384 g/mol. The van der Waals surface area contributed by atoms with Gasteiger partial charge in [0.05, 0.1) is 11.6 Å². The number of anilines is 1. The summed E-state index contributed by atoms with van der Waals surface area (Å²) in [4.78, 5) is 12.3. The maximum atomic E-state index is 12.3. The number of carbonyl (C=O) groups excluding carboxylic acids is 1. The Balaban J connectivity index is 2.20. The summed E-state index contributed by atoms with van der Waals surface area (Å²) < 4.78 is 1.70. The highest BCUT2D eigenvalue weighted by atomic mass is 79.9. The summed E-state index contributed by atoms with van der Waals surface area (Å²) in [5.74, 6) is -0.160. The smallest absolute Gasteiger partial charge is 0.252 e. The maximum Gasteiger partial charge on any atom is 0.252 e. The lowest BCUT2D eigenvalue weighted by Gasteiger charge is -2.16. The molecule has 3 N–H and O–H groups in total. The summed E-state index contributed by atoms with van der Waals surface area (Å²) in [5.41, 5.74) is 7.84. The third kappa shape index (κ3) is 3.41. The van der Waals surface area contributed by atoms with E-state index in [4.69, 9.17) is 5.73 Å². The van der Waals surface area contributed by atoms with E-state index in [-0.39, 0.29) is 11.9 Å². The van der Waals surface area contributed by atoms with Gasteiger partial charge in [0, 0.05) is 14.6 Å². The molecule has 2 aromatic rings. The van der Waals surface area contributed by atoms with E-state index in [0.717, 1.165) is 14.5 Å². The Morgan fingerprint density at radius 3 is 2.55 bits per heavy atom. The van der Waals surface area contributed by atoms with Crippen molar-refractivity contribution in [3.63, 3.8) is 0 Å². The second-order valence-corrected chi connectivity index (χ2v) is 6.16. The molecule has 0 aromatic heterocycles. The normalized spacial score (nSPS) is 11.9. The molecule has 0 bridgehead atoms. The quantitative estimate of drug-likeness (QED) is 0.759. The van der Waals surface area contributed by atoms with Gasteiger partial charge in [-0.1, -0.05) is 34.1 Å². The summed E-state index contributed by atoms with van der Waals surface area (Å²) >= 11 is 6.85. The summed E-state index contributed by atoms with van der Waals surface area (Å²) in [5, 5.41) is 2.97. The van der Waals surface area contributed by atoms with Crippen molar-refractivity contribution < 1.29 is 4.79 Å². The van der Waals surface area contributed by atoms with Crippen LogP contribution >= 0.6 is 31.9 Å². The Kier molecular flexibility index (Phi) is 4.83. The minimum atomic E-state index is -0.160. The van der Waals surface area contributed by atoms with Crippen LogP contribution in [0, 0.1) is 0 Å². The Labute approximate surface area is 134 Å². The van der Waals surface area contributed by atoms with Crippen LogP contribution in [0.4, 0.5) is 5.69 Å². The van der Waals surface area contributed by atoms with E-state index in [0.29, 0.717) is 11.3 Å². The van der Waals surface area contributed by atoms with Crippen LogP contribution in [0.25, 0.3) is 0 Å². The van der Waals surface area contributed by atoms with Crippen LogP contribution < -0.4 is 11.1 Å². The predicted octanol–water partition coefficient (Wildman–Crippen LogP) is 4.28. The topological polar surface area (TPSA) is 55.1 Å². The molecule has 2 aromatic carbocycles. The van der Waals surface area contributed by atoms with Crippen LogP contribution in [0.1, 0.15) is 28.9 Å². The van der Waals surface area contributed by atoms with Gasteiger partial charge in [0.1, 0.15) is 0 Å². The van der Waals surface area contributed by atoms with Gasteiger partial charge in [-0.2, -0.15) is 0 Å². The fraction of sp³-hybridized carbons (Fsp3) is 0.133. The van der Waals surface area contributed by atoms with Crippen LogP contribution in [-0.2, 0) is 0 Å². The van der Waals surface area contributed by atoms with Crippen molar-refractivity contribution in [1.82, 2.24) is 5.32 Å². The van der Waals surface area contributed by atoms with Crippen LogP contribution in [0.3, 0.4) is 0 Å². The number of hydrogen-bond acceptors (Lipinski definition) is 2. The van der Waals surface area contributed by atoms with Crippen molar-refractivity contribution >= 4 is 43.5 Å². The number of amides is 1. The van der Waals surface area contributed by atoms with Gasteiger partial charge in [-0.25, -0.2) is 0 Å². The van der Waals surface area contributed by atoms with Crippen molar-refractivity contribution in [3.05, 3.63) is 62.5 Å². The lowest BCUT2D eigenvalue weighted by molar-refractivity contribution is 0.0939. The SMILES string of the molecule is CC(NC(=O)c1cc(N)ccc1Br)c1ccccc1Br. The predicted molar refractivity (Wildman–Crippen MR) is 88.6 cm³/mol. The molecule has 104 valence electrons. The average Bonchev–Trinajstić information content (AvgIpc) is 2.41. The van der Waals surface area contributed by atoms with Gasteiger partial charge in [-0.05, 0) is 52.7 Å². The molecule has 1 atom stereocenters. The summed E-state index contributed by atoms with van der Waals surface area (Å²) in [6.45, 7) is 1.94. The van der Waals surface area contributed by atoms with Crippen LogP contribution in [-0.4, -0.2) is 5.91 Å². The van der Waals surface area contributed by atoms with E-state index in [9.17, 15) is 4.79 Å². The standard InChI is InChI=1S/C15H14Br2N2O/c1-9(11-4-2-3-5-13(11)16)19-15(20)12-8-10(18)6-7-14(12)17/h2-9H,18H2,1H3,(H,19,20). The Hall–Kier alpha value is -1.33. The zero-order valence-electron chi connectivity index (χ0n) is 10.9. The molecule has 0 saturated heterocycles. The number of rotatable bonds is 3. The summed E-state index contributed by atoms with van der Waals surface area (Å²) in [7, 11) is 0. The maximum absolute atomic E-state index is 12.3. The lowest BCUT2D eigenvalue weighted by Crippen LogP contribution is -2.27. The molecule has 0 aliphatic rings. The van der Waals surface area contributed by atoms with Crippen LogP contribution in [0.15, 0.2) is 51.4 Å². The molecule has 0 aliphatic heterocycles. The molecule has 1 unspecified atom stereocenters. The van der Waals surface area contributed by atoms with Crippen molar-refractivity contribution in [2.45, 2.75) is 13.0 Å². The van der Waals surface area contributed by atoms with Crippen LogP contribution in [0.5, 0.6) is 0 Å². The number of carbonyl (C=O) groups is 1. The molecule has 2 rings (SSSR count). The lowest BCUT2D eigenvalue weighted by atomic mass is 10.1. The zero-order valence-corrected chi connectivity index (χ0v) is 14.0. The summed E-state index contributed by atoms with van der Waals surface area (Å²) in [6.07, 6.45) is 0. The largest absolute Gasteiger partial charge is 0.399 e. The first-order chi connectivity index (χ1) is 9.49. The van der Waals surface area contributed by atoms with Gasteiger partial charge < -0.3 is 11.1 Å². The first-order valence-electron chi connectivity index (χ1n) is 6.09. The van der Waals surface area contributed by atoms with E-state index < -0.39 is 0 Å². The van der Waals surface area contributed by atoms with Gasteiger partial charge >= 0.3 is 0 Å². The molecule has 0 spiro atoms. The van der Waals surface area contributed by atoms with Crippen molar-refractivity contribution in [3.8, 4) is 0 Å². The molecule has 0 heterocycles. The third-order valence-corrected chi connectivity index (χ3v) is 4.37. The molecule has 1 amide bonds. The average molecular weight is 398 g/mol. The minimum absolute atomic E-state index is 0.105. The molecule has 0 aliphatic carbocycles. The first kappa shape index (κ1) is 15.1. The van der Waals surface area contributed by atoms with E-state index >= 15 is 0 Å². The van der Waals surface area contributed by atoms with Gasteiger partial charge in [0.25, 0.3) is 5.91 Å². The van der Waals surface area contributed by atoms with E-state index in [1.165, 1.54) is 0 Å². The van der Waals surface area contributed by atoms with Crippen molar-refractivity contribution in [1.29, 1.82) is 0 Å². The van der Waals surface area contributed by atoms with E-state index in [1.807, 2.05) is 31.2 Å². The zero-order chi connectivity index (χ0) is 14.7. The highest BCUT2D eigenvalue weighted by molar-refractivity contribution is 9.10. The number of benzene rings is 2. The highest BCUT2D eigenvalue weighted by Crippen LogP contribution is 2.24. The number of nitrogen functional groups attached to an aromatic ring is 1. The van der Waals surface area contributed by atoms with E-state index in [2.05, 4.69) is 37.2 Å². The number of nitrogens with one attached hydrogen (secondary N) is 1. The molecule has 0 radical (unpaired) electrons. The third-order valence-electron chi connectivity index (χ3n) is 2.95. The number of nitrogens with two attached hydrogens (primary N) is 1. The Bertz CT molecular complexity index is 644. The molecule has 0 saturated carbocycles. The summed E-state index contributed by atoms with van der Waals surface area (Å²) in [6, 6.07) is 12.9. The second-order valence-electron chi connectivity index (χ2n) is 4.46. The minimum Gasteiger partial charge on any atom is -0.399 e. The first-order valence-corrected chi connectivity index (χ1v) is 7.68. The highest BCUT2D eigenvalue weighted by Gasteiger charge is 2.15. The molecule has 20 heavy (non-hydrogen) atoms.